The minimum Gasteiger partial charge on any atom is -0.405 e. The van der Waals surface area contributed by atoms with Gasteiger partial charge in [-0.1, -0.05) is 24.3 Å². The van der Waals surface area contributed by atoms with Gasteiger partial charge in [0.25, 0.3) is 0 Å². The van der Waals surface area contributed by atoms with E-state index in [1.54, 1.807) is 35.8 Å². The monoisotopic (exact) mass is 606 g/mol. The highest BCUT2D eigenvalue weighted by atomic mass is 32.2. The molecule has 1 saturated carbocycles. The molecular weight excluding hydrogens is 578 g/mol. The summed E-state index contributed by atoms with van der Waals surface area (Å²) in [6, 6.07) is 16.3. The Morgan fingerprint density at radius 1 is 1.07 bits per heavy atom. The standard InChI is InChI=1S/C32H28F4N5OS/c1-39-15-20-13-23(28(14-26(20)38-39)42-32(34,35)36)31-37-29(30(40(31)2)19-7-8-19)22-5-4-6-27-24(22)16-41(27)17-25(33)18-9-11-21(43-3)12-10-18/h4-6,9-16,19,25H,7-8,17H2,1-3H3/q+1. The molecule has 3 aromatic carbocycles. The minimum absolute atomic E-state index is 0.182. The summed E-state index contributed by atoms with van der Waals surface area (Å²) >= 11 is 1.61. The van der Waals surface area contributed by atoms with E-state index < -0.39 is 12.5 Å². The van der Waals surface area contributed by atoms with Gasteiger partial charge in [0.15, 0.2) is 18.9 Å². The number of nitrogens with zero attached hydrogens (tertiary/aromatic N) is 5. The van der Waals surface area contributed by atoms with Gasteiger partial charge in [-0.25, -0.2) is 9.37 Å². The quantitative estimate of drug-likeness (QED) is 0.102. The average Bonchev–Trinajstić information content (AvgIpc) is 3.64. The summed E-state index contributed by atoms with van der Waals surface area (Å²) in [6.07, 6.45) is 1.57. The summed E-state index contributed by atoms with van der Waals surface area (Å²) in [5, 5.41) is 4.94. The summed E-state index contributed by atoms with van der Waals surface area (Å²) in [6.45, 7) is 0.182. The molecule has 0 spiro atoms. The van der Waals surface area contributed by atoms with Gasteiger partial charge in [-0.3, -0.25) is 4.68 Å². The Hall–Kier alpha value is -4.12. The second kappa shape index (κ2) is 10.3. The molecule has 0 bridgehead atoms. The molecule has 3 heterocycles. The van der Waals surface area contributed by atoms with Crippen LogP contribution in [0.4, 0.5) is 23.2 Å². The van der Waals surface area contributed by atoms with Gasteiger partial charge < -0.3 is 9.30 Å². The molecule has 2 aliphatic rings. The molecule has 1 aliphatic heterocycles. The van der Waals surface area contributed by atoms with Crippen LogP contribution in [0.1, 0.15) is 41.8 Å². The summed E-state index contributed by atoms with van der Waals surface area (Å²) < 4.78 is 65.6. The zero-order valence-electron chi connectivity index (χ0n) is 23.7. The van der Waals surface area contributed by atoms with E-state index in [2.05, 4.69) is 9.84 Å². The fourth-order valence-electron chi connectivity index (χ4n) is 5.88. The molecule has 11 heteroatoms. The number of aromatic nitrogens is 4. The normalized spacial score (nSPS) is 15.3. The number of imidazole rings is 1. The fourth-order valence-corrected chi connectivity index (χ4v) is 6.29. The predicted molar refractivity (Wildman–Crippen MR) is 159 cm³/mol. The first-order valence-corrected chi connectivity index (χ1v) is 15.1. The lowest BCUT2D eigenvalue weighted by atomic mass is 9.96. The number of thioether (sulfide) groups is 1. The summed E-state index contributed by atoms with van der Waals surface area (Å²) in [7, 11) is 3.55. The van der Waals surface area contributed by atoms with Crippen LogP contribution in [0.5, 0.6) is 5.75 Å². The van der Waals surface area contributed by atoms with Gasteiger partial charge in [0.1, 0.15) is 17.1 Å². The minimum atomic E-state index is -4.88. The number of rotatable bonds is 8. The van der Waals surface area contributed by atoms with Crippen LogP contribution in [0.3, 0.4) is 0 Å². The van der Waals surface area contributed by atoms with Crippen LogP contribution < -0.4 is 4.74 Å². The van der Waals surface area contributed by atoms with E-state index >= 15 is 4.39 Å². The van der Waals surface area contributed by atoms with E-state index in [9.17, 15) is 13.2 Å². The molecule has 6 nitrogen and oxygen atoms in total. The van der Waals surface area contributed by atoms with Crippen LogP contribution in [0.15, 0.2) is 65.7 Å². The Balaban J connectivity index is 1.28. The van der Waals surface area contributed by atoms with Crippen molar-refractivity contribution < 1.29 is 26.9 Å². The van der Waals surface area contributed by atoms with Gasteiger partial charge in [-0.05, 0) is 42.9 Å². The Bertz CT molecular complexity index is 1900. The van der Waals surface area contributed by atoms with Crippen LogP contribution in [0.25, 0.3) is 33.5 Å². The molecule has 5 aromatic rings. The van der Waals surface area contributed by atoms with Crippen molar-refractivity contribution in [2.75, 3.05) is 12.8 Å². The van der Waals surface area contributed by atoms with Crippen LogP contribution in [0, 0.1) is 0 Å². The SMILES string of the molecule is CSc1ccc(C(F)C[N+]2=Cc3c(-c4nc(-c5cc6cn(C)nc6cc5OC(F)(F)F)n(C)c4C4CC4)cccc32)cc1. The molecule has 1 unspecified atom stereocenters. The van der Waals surface area contributed by atoms with Gasteiger partial charge in [-0.15, -0.1) is 24.9 Å². The fraction of sp³-hybridized carbons (Fsp3) is 0.281. The highest BCUT2D eigenvalue weighted by Crippen LogP contribution is 2.48. The third kappa shape index (κ3) is 5.09. The van der Waals surface area contributed by atoms with E-state index in [0.29, 0.717) is 22.3 Å². The topological polar surface area (TPSA) is 47.9 Å². The highest BCUT2D eigenvalue weighted by molar-refractivity contribution is 7.98. The summed E-state index contributed by atoms with van der Waals surface area (Å²) in [5.41, 5.74) is 5.66. The largest absolute Gasteiger partial charge is 0.573 e. The summed E-state index contributed by atoms with van der Waals surface area (Å²) in [4.78, 5) is 6.06. The van der Waals surface area contributed by atoms with E-state index in [4.69, 9.17) is 4.98 Å². The van der Waals surface area contributed by atoms with Gasteiger partial charge >= 0.3 is 6.36 Å². The summed E-state index contributed by atoms with van der Waals surface area (Å²) in [5.74, 6) is 0.286. The maximum atomic E-state index is 15.3. The first-order valence-electron chi connectivity index (χ1n) is 13.9. The first-order chi connectivity index (χ1) is 20.6. The van der Waals surface area contributed by atoms with Crippen molar-refractivity contribution in [3.63, 3.8) is 0 Å². The maximum absolute atomic E-state index is 15.3. The number of hydrogen-bond acceptors (Lipinski definition) is 4. The molecule has 1 aliphatic carbocycles. The van der Waals surface area contributed by atoms with Crippen molar-refractivity contribution in [2.24, 2.45) is 14.1 Å². The molecule has 2 aromatic heterocycles. The molecule has 1 fully saturated rings. The van der Waals surface area contributed by atoms with Crippen LogP contribution >= 0.6 is 11.8 Å². The number of benzene rings is 3. The number of ether oxygens (including phenoxy) is 1. The predicted octanol–water partition coefficient (Wildman–Crippen LogP) is 7.93. The second-order valence-electron chi connectivity index (χ2n) is 11.0. The Morgan fingerprint density at radius 2 is 1.84 bits per heavy atom. The zero-order chi connectivity index (χ0) is 30.0. The maximum Gasteiger partial charge on any atom is 0.573 e. The number of alkyl halides is 4. The molecule has 0 amide bonds. The molecule has 0 saturated heterocycles. The van der Waals surface area contributed by atoms with Gasteiger partial charge in [0.05, 0.1) is 16.8 Å². The lowest BCUT2D eigenvalue weighted by Crippen LogP contribution is -2.23. The molecule has 220 valence electrons. The second-order valence-corrected chi connectivity index (χ2v) is 11.9. The first kappa shape index (κ1) is 27.7. The smallest absolute Gasteiger partial charge is 0.405 e. The van der Waals surface area contributed by atoms with Crippen molar-refractivity contribution in [1.82, 2.24) is 19.3 Å². The highest BCUT2D eigenvalue weighted by Gasteiger charge is 2.38. The number of halogens is 4. The number of hydrogen-bond donors (Lipinski definition) is 0. The van der Waals surface area contributed by atoms with E-state index in [-0.39, 0.29) is 23.8 Å². The number of aryl methyl sites for hydroxylation is 1. The molecule has 7 rings (SSSR count). The van der Waals surface area contributed by atoms with Crippen LogP contribution in [-0.2, 0) is 14.1 Å². The Morgan fingerprint density at radius 3 is 2.53 bits per heavy atom. The van der Waals surface area contributed by atoms with Gasteiger partial charge in [-0.2, -0.15) is 9.67 Å². The van der Waals surface area contributed by atoms with Crippen molar-refractivity contribution in [3.8, 4) is 28.4 Å². The van der Waals surface area contributed by atoms with Crippen molar-refractivity contribution >= 4 is 34.6 Å². The molecule has 0 radical (unpaired) electrons. The molecule has 0 N–H and O–H groups in total. The lowest BCUT2D eigenvalue weighted by Gasteiger charge is -2.18. The number of fused-ring (bicyclic) bond motifs is 2. The molecular formula is C32H28F4N5OS+. The molecule has 43 heavy (non-hydrogen) atoms. The zero-order valence-corrected chi connectivity index (χ0v) is 24.5. The van der Waals surface area contributed by atoms with Crippen molar-refractivity contribution in [1.29, 1.82) is 0 Å². The lowest BCUT2D eigenvalue weighted by molar-refractivity contribution is -0.456. The third-order valence-electron chi connectivity index (χ3n) is 8.06. The average molecular weight is 607 g/mol. The van der Waals surface area contributed by atoms with Crippen LogP contribution in [0.2, 0.25) is 0 Å². The van der Waals surface area contributed by atoms with Gasteiger partial charge in [0.2, 0.25) is 5.69 Å². The van der Waals surface area contributed by atoms with Crippen LogP contribution in [-0.4, -0.2) is 49.3 Å². The van der Waals surface area contributed by atoms with E-state index in [0.717, 1.165) is 45.9 Å². The van der Waals surface area contributed by atoms with E-state index in [1.807, 2.05) is 71.1 Å². The third-order valence-corrected chi connectivity index (χ3v) is 8.80. The van der Waals surface area contributed by atoms with Crippen molar-refractivity contribution in [2.45, 2.75) is 36.2 Å². The Labute approximate surface area is 249 Å². The molecule has 1 atom stereocenters. The van der Waals surface area contributed by atoms with Crippen molar-refractivity contribution in [3.05, 3.63) is 77.6 Å². The van der Waals surface area contributed by atoms with E-state index in [1.165, 1.54) is 6.07 Å². The van der Waals surface area contributed by atoms with Gasteiger partial charge in [0, 0.05) is 59.9 Å². The Kier molecular flexibility index (Phi) is 6.61.